The summed E-state index contributed by atoms with van der Waals surface area (Å²) in [7, 11) is 0. The summed E-state index contributed by atoms with van der Waals surface area (Å²) in [6.45, 7) is 4.29. The Bertz CT molecular complexity index is 958. The average molecular weight is 362 g/mol. The Morgan fingerprint density at radius 3 is 2.63 bits per heavy atom. The van der Waals surface area contributed by atoms with Crippen LogP contribution in [0.5, 0.6) is 0 Å². The van der Waals surface area contributed by atoms with Crippen molar-refractivity contribution in [2.45, 2.75) is 19.3 Å². The topological polar surface area (TPSA) is 80.9 Å². The molecule has 2 aliphatic heterocycles. The first-order chi connectivity index (χ1) is 13.2. The molecule has 2 fully saturated rings. The molecular formula is C20H22N6O. The van der Waals surface area contributed by atoms with Crippen molar-refractivity contribution in [3.8, 4) is 11.4 Å². The highest BCUT2D eigenvalue weighted by atomic mass is 16.5. The number of hydrogen-bond acceptors (Lipinski definition) is 6. The Morgan fingerprint density at radius 2 is 1.89 bits per heavy atom. The third-order valence-electron chi connectivity index (χ3n) is 6.00. The first-order valence-electron chi connectivity index (χ1n) is 9.49. The molecule has 138 valence electrons. The fourth-order valence-electron chi connectivity index (χ4n) is 4.31. The van der Waals surface area contributed by atoms with Gasteiger partial charge in [-0.15, -0.1) is 0 Å². The van der Waals surface area contributed by atoms with Gasteiger partial charge in [0.15, 0.2) is 18.2 Å². The van der Waals surface area contributed by atoms with Crippen molar-refractivity contribution in [2.24, 2.45) is 5.41 Å². The molecule has 0 aromatic carbocycles. The quantitative estimate of drug-likeness (QED) is 0.554. The highest BCUT2D eigenvalue weighted by molar-refractivity contribution is 5.90. The van der Waals surface area contributed by atoms with E-state index in [4.69, 9.17) is 4.98 Å². The van der Waals surface area contributed by atoms with Gasteiger partial charge in [-0.3, -0.25) is 4.98 Å². The van der Waals surface area contributed by atoms with Crippen molar-refractivity contribution in [3.05, 3.63) is 48.2 Å². The van der Waals surface area contributed by atoms with Crippen LogP contribution in [-0.4, -0.2) is 41.1 Å². The molecule has 2 saturated heterocycles. The highest BCUT2D eigenvalue weighted by Gasteiger charge is 2.37. The molecule has 27 heavy (non-hydrogen) atoms. The van der Waals surface area contributed by atoms with E-state index in [0.717, 1.165) is 53.2 Å². The number of nitrogens with one attached hydrogen (secondary N) is 1. The molecule has 0 radical (unpaired) electrons. The van der Waals surface area contributed by atoms with Crippen LogP contribution in [0.4, 0.5) is 5.82 Å². The number of anilines is 1. The predicted octanol–water partition coefficient (Wildman–Crippen LogP) is 1.91. The summed E-state index contributed by atoms with van der Waals surface area (Å²) < 4.78 is 0.771. The molecule has 3 aromatic rings. The van der Waals surface area contributed by atoms with Crippen molar-refractivity contribution in [2.75, 3.05) is 31.1 Å². The lowest BCUT2D eigenvalue weighted by molar-refractivity contribution is -0.605. The van der Waals surface area contributed by atoms with Gasteiger partial charge < -0.3 is 15.4 Å². The monoisotopic (exact) mass is 362 g/mol. The standard InChI is InChI=1S/C20H22N6O/c27-26-9-2-15(3-10-26)18-23-17-13-21-7-1-16(17)19(24-18)25-11-5-20(6-12-25)4-8-22-14-20/h1-3,7,9-10,13,22H,4-6,8,11-12,14H2. The number of pyridine rings is 2. The van der Waals surface area contributed by atoms with E-state index in [1.54, 1.807) is 24.5 Å². The van der Waals surface area contributed by atoms with Crippen molar-refractivity contribution in [3.63, 3.8) is 0 Å². The minimum absolute atomic E-state index is 0.463. The van der Waals surface area contributed by atoms with Crippen LogP contribution < -0.4 is 14.9 Å². The Balaban J connectivity index is 1.53. The summed E-state index contributed by atoms with van der Waals surface area (Å²) in [6.07, 6.45) is 10.2. The largest absolute Gasteiger partial charge is 0.619 e. The summed E-state index contributed by atoms with van der Waals surface area (Å²) in [5.41, 5.74) is 2.13. The number of hydrogen-bond donors (Lipinski definition) is 1. The number of aromatic nitrogens is 4. The van der Waals surface area contributed by atoms with Gasteiger partial charge in [0, 0.05) is 48.9 Å². The van der Waals surface area contributed by atoms with Gasteiger partial charge in [-0.2, -0.15) is 4.73 Å². The summed E-state index contributed by atoms with van der Waals surface area (Å²) in [6, 6.07) is 5.50. The number of nitrogens with zero attached hydrogens (tertiary/aromatic N) is 5. The van der Waals surface area contributed by atoms with E-state index in [1.165, 1.54) is 31.7 Å². The van der Waals surface area contributed by atoms with Gasteiger partial charge in [0.1, 0.15) is 5.82 Å². The van der Waals surface area contributed by atoms with Crippen molar-refractivity contribution < 1.29 is 4.73 Å². The van der Waals surface area contributed by atoms with Crippen molar-refractivity contribution in [1.82, 2.24) is 20.3 Å². The van der Waals surface area contributed by atoms with Crippen LogP contribution in [0.25, 0.3) is 22.3 Å². The van der Waals surface area contributed by atoms with Gasteiger partial charge in [-0.05, 0) is 37.3 Å². The van der Waals surface area contributed by atoms with E-state index in [-0.39, 0.29) is 0 Å². The van der Waals surface area contributed by atoms with Gasteiger partial charge in [0.05, 0.1) is 11.7 Å². The van der Waals surface area contributed by atoms with Gasteiger partial charge >= 0.3 is 0 Å². The highest BCUT2D eigenvalue weighted by Crippen LogP contribution is 2.39. The Labute approximate surface area is 157 Å². The van der Waals surface area contributed by atoms with Crippen LogP contribution in [0.2, 0.25) is 0 Å². The van der Waals surface area contributed by atoms with E-state index in [0.29, 0.717) is 11.2 Å². The summed E-state index contributed by atoms with van der Waals surface area (Å²) >= 11 is 0. The van der Waals surface area contributed by atoms with Crippen LogP contribution in [0.15, 0.2) is 43.0 Å². The molecule has 7 heteroatoms. The van der Waals surface area contributed by atoms with E-state index in [1.807, 2.05) is 6.07 Å². The number of piperidine rings is 1. The molecule has 0 saturated carbocycles. The third kappa shape index (κ3) is 2.98. The normalized spacial score (nSPS) is 19.0. The lowest BCUT2D eigenvalue weighted by Crippen LogP contribution is -2.41. The van der Waals surface area contributed by atoms with Gasteiger partial charge in [0.25, 0.3) is 0 Å². The second-order valence-corrected chi connectivity index (χ2v) is 7.62. The first-order valence-corrected chi connectivity index (χ1v) is 9.49. The van der Waals surface area contributed by atoms with Gasteiger partial charge in [-0.25, -0.2) is 9.97 Å². The van der Waals surface area contributed by atoms with Crippen molar-refractivity contribution in [1.29, 1.82) is 0 Å². The molecule has 0 amide bonds. The molecule has 1 spiro atoms. The van der Waals surface area contributed by atoms with E-state index in [2.05, 4.69) is 20.2 Å². The lowest BCUT2D eigenvalue weighted by atomic mass is 9.78. The second-order valence-electron chi connectivity index (χ2n) is 7.62. The zero-order chi connectivity index (χ0) is 18.3. The molecule has 1 N–H and O–H groups in total. The zero-order valence-corrected chi connectivity index (χ0v) is 15.1. The summed E-state index contributed by atoms with van der Waals surface area (Å²) in [5, 5.41) is 15.9. The predicted molar refractivity (Wildman–Crippen MR) is 103 cm³/mol. The SMILES string of the molecule is [O-][n+]1ccc(-c2nc(N3CCC4(CCNC4)CC3)c3ccncc3n2)cc1. The van der Waals surface area contributed by atoms with Crippen LogP contribution in [0.3, 0.4) is 0 Å². The van der Waals surface area contributed by atoms with Crippen LogP contribution in [0, 0.1) is 10.6 Å². The number of rotatable bonds is 2. The molecule has 2 aliphatic rings. The minimum Gasteiger partial charge on any atom is -0.619 e. The fourth-order valence-corrected chi connectivity index (χ4v) is 4.31. The molecule has 0 atom stereocenters. The number of fused-ring (bicyclic) bond motifs is 1. The third-order valence-corrected chi connectivity index (χ3v) is 6.00. The maximum absolute atomic E-state index is 11.4. The molecule has 5 heterocycles. The molecule has 0 unspecified atom stereocenters. The van der Waals surface area contributed by atoms with Crippen LogP contribution in [-0.2, 0) is 0 Å². The van der Waals surface area contributed by atoms with Gasteiger partial charge in [-0.1, -0.05) is 0 Å². The van der Waals surface area contributed by atoms with Gasteiger partial charge in [0.2, 0.25) is 0 Å². The Morgan fingerprint density at radius 1 is 1.07 bits per heavy atom. The molecular weight excluding hydrogens is 340 g/mol. The molecule has 3 aromatic heterocycles. The maximum Gasteiger partial charge on any atom is 0.181 e. The van der Waals surface area contributed by atoms with Crippen LogP contribution >= 0.6 is 0 Å². The lowest BCUT2D eigenvalue weighted by Gasteiger charge is -2.39. The van der Waals surface area contributed by atoms with Crippen molar-refractivity contribution >= 4 is 16.7 Å². The molecule has 7 nitrogen and oxygen atoms in total. The average Bonchev–Trinajstić information content (AvgIpc) is 3.16. The molecule has 5 rings (SSSR count). The minimum atomic E-state index is 0.463. The summed E-state index contributed by atoms with van der Waals surface area (Å²) in [5.74, 6) is 1.60. The van der Waals surface area contributed by atoms with Crippen LogP contribution in [0.1, 0.15) is 19.3 Å². The second kappa shape index (κ2) is 6.42. The fraction of sp³-hybridized carbons (Fsp3) is 0.400. The zero-order valence-electron chi connectivity index (χ0n) is 15.1. The Kier molecular flexibility index (Phi) is 3.89. The smallest absolute Gasteiger partial charge is 0.181 e. The van der Waals surface area contributed by atoms with E-state index < -0.39 is 0 Å². The molecule has 0 bridgehead atoms. The maximum atomic E-state index is 11.4. The van der Waals surface area contributed by atoms with E-state index >= 15 is 0 Å². The molecule has 0 aliphatic carbocycles. The van der Waals surface area contributed by atoms with E-state index in [9.17, 15) is 5.21 Å². The Hall–Kier alpha value is -2.80. The summed E-state index contributed by atoms with van der Waals surface area (Å²) in [4.78, 5) is 16.2. The first kappa shape index (κ1) is 16.4.